The van der Waals surface area contributed by atoms with Crippen LogP contribution in [0.25, 0.3) is 11.1 Å². The molecule has 1 saturated heterocycles. The predicted molar refractivity (Wildman–Crippen MR) is 138 cm³/mol. The molecular formula is C29H28N4O2. The second-order valence-corrected chi connectivity index (χ2v) is 8.75. The van der Waals surface area contributed by atoms with Crippen LogP contribution in [0.5, 0.6) is 11.6 Å². The van der Waals surface area contributed by atoms with E-state index < -0.39 is 0 Å². The summed E-state index contributed by atoms with van der Waals surface area (Å²) < 4.78 is 5.96. The number of amides is 1. The molecule has 2 heterocycles. The number of benzene rings is 3. The quantitative estimate of drug-likeness (QED) is 0.390. The molecule has 0 bridgehead atoms. The van der Waals surface area contributed by atoms with Crippen LogP contribution in [0.2, 0.25) is 0 Å². The Kier molecular flexibility index (Phi) is 6.44. The van der Waals surface area contributed by atoms with Gasteiger partial charge in [0.1, 0.15) is 17.4 Å². The van der Waals surface area contributed by atoms with Gasteiger partial charge in [0.15, 0.2) is 0 Å². The number of hydrogen-bond acceptors (Lipinski definition) is 5. The first kappa shape index (κ1) is 22.6. The highest BCUT2D eigenvalue weighted by atomic mass is 16.5. The molecule has 1 aliphatic rings. The summed E-state index contributed by atoms with van der Waals surface area (Å²) in [5.41, 5.74) is 4.14. The Hall–Kier alpha value is -4.19. The third kappa shape index (κ3) is 5.32. The summed E-state index contributed by atoms with van der Waals surface area (Å²) in [4.78, 5) is 26.2. The van der Waals surface area contributed by atoms with Crippen molar-refractivity contribution in [2.45, 2.75) is 13.8 Å². The van der Waals surface area contributed by atoms with E-state index in [9.17, 15) is 4.79 Å². The zero-order valence-corrected chi connectivity index (χ0v) is 20.0. The normalized spacial score (nSPS) is 13.5. The maximum absolute atomic E-state index is 13.1. The smallest absolute Gasteiger partial charge is 0.253 e. The number of piperazine rings is 1. The van der Waals surface area contributed by atoms with E-state index in [4.69, 9.17) is 4.74 Å². The fourth-order valence-electron chi connectivity index (χ4n) is 4.22. The number of aromatic nitrogens is 2. The number of rotatable bonds is 5. The Bertz CT molecular complexity index is 1300. The van der Waals surface area contributed by atoms with Crippen molar-refractivity contribution in [1.82, 2.24) is 14.9 Å². The van der Waals surface area contributed by atoms with Crippen molar-refractivity contribution >= 4 is 11.7 Å². The van der Waals surface area contributed by atoms with Crippen LogP contribution in [0.1, 0.15) is 21.7 Å². The van der Waals surface area contributed by atoms with Gasteiger partial charge in [-0.25, -0.2) is 4.98 Å². The Morgan fingerprint density at radius 2 is 1.43 bits per heavy atom. The maximum Gasteiger partial charge on any atom is 0.253 e. The summed E-state index contributed by atoms with van der Waals surface area (Å²) in [6.07, 6.45) is 0. The average molecular weight is 465 g/mol. The number of aryl methyl sites for hydroxylation is 2. The van der Waals surface area contributed by atoms with Crippen molar-refractivity contribution in [3.8, 4) is 22.8 Å². The number of carbonyl (C=O) groups excluding carboxylic acids is 1. The number of ether oxygens (including phenoxy) is 1. The van der Waals surface area contributed by atoms with Crippen LogP contribution >= 0.6 is 0 Å². The van der Waals surface area contributed by atoms with Crippen molar-refractivity contribution in [1.29, 1.82) is 0 Å². The van der Waals surface area contributed by atoms with Gasteiger partial charge in [0, 0.05) is 37.8 Å². The third-order valence-electron chi connectivity index (χ3n) is 6.17. The van der Waals surface area contributed by atoms with Gasteiger partial charge in [-0.05, 0) is 49.2 Å². The van der Waals surface area contributed by atoms with Crippen LogP contribution in [0.3, 0.4) is 0 Å². The summed E-state index contributed by atoms with van der Waals surface area (Å²) in [5, 5.41) is 0. The molecule has 0 radical (unpaired) electrons. The average Bonchev–Trinajstić information content (AvgIpc) is 2.90. The number of carbonyl (C=O) groups is 1. The van der Waals surface area contributed by atoms with Crippen molar-refractivity contribution in [2.24, 2.45) is 0 Å². The minimum absolute atomic E-state index is 0.0616. The fraction of sp³-hybridized carbons (Fsp3) is 0.207. The van der Waals surface area contributed by atoms with Gasteiger partial charge in [0.05, 0.1) is 0 Å². The zero-order valence-electron chi connectivity index (χ0n) is 20.0. The molecular weight excluding hydrogens is 436 g/mol. The van der Waals surface area contributed by atoms with Crippen LogP contribution in [0.15, 0.2) is 84.9 Å². The molecule has 5 rings (SSSR count). The first-order chi connectivity index (χ1) is 17.0. The van der Waals surface area contributed by atoms with E-state index in [2.05, 4.69) is 27.0 Å². The van der Waals surface area contributed by atoms with Gasteiger partial charge in [-0.2, -0.15) is 4.98 Å². The lowest BCUT2D eigenvalue weighted by Gasteiger charge is -2.35. The van der Waals surface area contributed by atoms with E-state index in [0.717, 1.165) is 22.7 Å². The molecule has 0 atom stereocenters. The molecule has 176 valence electrons. The number of nitrogens with zero attached hydrogens (tertiary/aromatic N) is 4. The predicted octanol–water partition coefficient (Wildman–Crippen LogP) is 5.52. The van der Waals surface area contributed by atoms with Crippen molar-refractivity contribution < 1.29 is 9.53 Å². The molecule has 0 saturated carbocycles. The van der Waals surface area contributed by atoms with Gasteiger partial charge < -0.3 is 14.5 Å². The van der Waals surface area contributed by atoms with Gasteiger partial charge in [-0.15, -0.1) is 0 Å². The molecule has 6 nitrogen and oxygen atoms in total. The highest BCUT2D eigenvalue weighted by Crippen LogP contribution is 2.25. The van der Waals surface area contributed by atoms with Crippen LogP contribution in [-0.2, 0) is 0 Å². The highest BCUT2D eigenvalue weighted by molar-refractivity contribution is 5.95. The molecule has 0 N–H and O–H groups in total. The van der Waals surface area contributed by atoms with Crippen molar-refractivity contribution in [2.75, 3.05) is 31.1 Å². The molecule has 1 aromatic heterocycles. The van der Waals surface area contributed by atoms with Crippen molar-refractivity contribution in [3.05, 3.63) is 102 Å². The standard InChI is InChI=1S/C29H28N4O2/c1-21-8-14-26(15-9-21)35-28-20-27(30-22(2)31-28)32-16-18-33(19-17-32)29(34)25-12-10-24(11-13-25)23-6-4-3-5-7-23/h3-15,20H,16-19H2,1-2H3. The first-order valence-corrected chi connectivity index (χ1v) is 11.8. The Balaban J connectivity index is 1.22. The van der Waals surface area contributed by atoms with Gasteiger partial charge in [-0.1, -0.05) is 60.2 Å². The topological polar surface area (TPSA) is 58.6 Å². The van der Waals surface area contributed by atoms with E-state index in [1.807, 2.05) is 91.5 Å². The minimum Gasteiger partial charge on any atom is -0.439 e. The molecule has 4 aromatic rings. The molecule has 0 aliphatic carbocycles. The fourth-order valence-corrected chi connectivity index (χ4v) is 4.22. The zero-order chi connectivity index (χ0) is 24.2. The van der Waals surface area contributed by atoms with Gasteiger partial charge in [0.25, 0.3) is 5.91 Å². The van der Waals surface area contributed by atoms with Gasteiger partial charge in [-0.3, -0.25) is 4.79 Å². The lowest BCUT2D eigenvalue weighted by molar-refractivity contribution is 0.0746. The molecule has 1 aliphatic heterocycles. The van der Waals surface area contributed by atoms with E-state index in [-0.39, 0.29) is 5.91 Å². The molecule has 35 heavy (non-hydrogen) atoms. The Morgan fingerprint density at radius 3 is 2.11 bits per heavy atom. The van der Waals surface area contributed by atoms with Gasteiger partial charge >= 0.3 is 0 Å². The van der Waals surface area contributed by atoms with Crippen LogP contribution in [-0.4, -0.2) is 47.0 Å². The molecule has 0 unspecified atom stereocenters. The molecule has 1 amide bonds. The number of hydrogen-bond donors (Lipinski definition) is 0. The first-order valence-electron chi connectivity index (χ1n) is 11.8. The summed E-state index contributed by atoms with van der Waals surface area (Å²) in [6, 6.07) is 27.8. The van der Waals surface area contributed by atoms with E-state index in [1.54, 1.807) is 0 Å². The summed E-state index contributed by atoms with van der Waals surface area (Å²) in [5.74, 6) is 2.80. The van der Waals surface area contributed by atoms with Crippen LogP contribution in [0.4, 0.5) is 5.82 Å². The summed E-state index contributed by atoms with van der Waals surface area (Å²) >= 11 is 0. The Labute approximate surface area is 205 Å². The molecule has 0 spiro atoms. The van der Waals surface area contributed by atoms with Crippen LogP contribution in [0, 0.1) is 13.8 Å². The second kappa shape index (κ2) is 9.97. The van der Waals surface area contributed by atoms with E-state index in [0.29, 0.717) is 43.4 Å². The SMILES string of the molecule is Cc1ccc(Oc2cc(N3CCN(C(=O)c4ccc(-c5ccccc5)cc4)CC3)nc(C)n2)cc1. The maximum atomic E-state index is 13.1. The third-order valence-corrected chi connectivity index (χ3v) is 6.17. The monoisotopic (exact) mass is 464 g/mol. The lowest BCUT2D eigenvalue weighted by atomic mass is 10.0. The summed E-state index contributed by atoms with van der Waals surface area (Å²) in [6.45, 7) is 6.58. The van der Waals surface area contributed by atoms with Crippen molar-refractivity contribution in [3.63, 3.8) is 0 Å². The minimum atomic E-state index is 0.0616. The Morgan fingerprint density at radius 1 is 0.771 bits per heavy atom. The van der Waals surface area contributed by atoms with Gasteiger partial charge in [0.2, 0.25) is 5.88 Å². The molecule has 3 aromatic carbocycles. The number of anilines is 1. The van der Waals surface area contributed by atoms with Crippen LogP contribution < -0.4 is 9.64 Å². The molecule has 6 heteroatoms. The highest BCUT2D eigenvalue weighted by Gasteiger charge is 2.23. The second-order valence-electron chi connectivity index (χ2n) is 8.75. The molecule has 1 fully saturated rings. The van der Waals surface area contributed by atoms with E-state index in [1.165, 1.54) is 5.56 Å². The van der Waals surface area contributed by atoms with E-state index >= 15 is 0 Å². The summed E-state index contributed by atoms with van der Waals surface area (Å²) in [7, 11) is 0. The largest absolute Gasteiger partial charge is 0.439 e. The lowest BCUT2D eigenvalue weighted by Crippen LogP contribution is -2.49.